The van der Waals surface area contributed by atoms with Gasteiger partial charge in [-0.3, -0.25) is 5.84 Å². The summed E-state index contributed by atoms with van der Waals surface area (Å²) in [6.07, 6.45) is 0. The smallest absolute Gasteiger partial charge is 0.124 e. The molecule has 20 heavy (non-hydrogen) atoms. The van der Waals surface area contributed by atoms with Crippen LogP contribution in [-0.2, 0) is 0 Å². The lowest BCUT2D eigenvalue weighted by molar-refractivity contribution is 0.393. The van der Waals surface area contributed by atoms with E-state index in [1.54, 1.807) is 14.2 Å². The molecule has 0 spiro atoms. The Kier molecular flexibility index (Phi) is 4.32. The van der Waals surface area contributed by atoms with E-state index in [1.165, 1.54) is 0 Å². The third-order valence-corrected chi connectivity index (χ3v) is 3.30. The molecule has 0 saturated heterocycles. The van der Waals surface area contributed by atoms with Gasteiger partial charge in [-0.15, -0.1) is 0 Å². The van der Waals surface area contributed by atoms with Gasteiger partial charge in [-0.25, -0.2) is 5.43 Å². The van der Waals surface area contributed by atoms with E-state index in [0.29, 0.717) is 0 Å². The summed E-state index contributed by atoms with van der Waals surface area (Å²) in [5.74, 6) is 8.91. The zero-order valence-corrected chi connectivity index (χ0v) is 12.2. The van der Waals surface area contributed by atoms with Crippen LogP contribution in [0.4, 0.5) is 0 Å². The molecule has 0 saturated carbocycles. The van der Waals surface area contributed by atoms with Gasteiger partial charge in [0.25, 0.3) is 0 Å². The molecule has 1 aromatic carbocycles. The molecule has 0 radical (unpaired) electrons. The highest BCUT2D eigenvalue weighted by molar-refractivity contribution is 5.46. The number of ether oxygens (including phenoxy) is 2. The number of furan rings is 1. The molecule has 0 bridgehead atoms. The summed E-state index contributed by atoms with van der Waals surface area (Å²) in [5, 5.41) is 0. The fourth-order valence-corrected chi connectivity index (χ4v) is 2.35. The largest absolute Gasteiger partial charge is 0.497 e. The van der Waals surface area contributed by atoms with Crippen LogP contribution in [0.2, 0.25) is 0 Å². The lowest BCUT2D eigenvalue weighted by atomic mass is 9.98. The first-order valence-corrected chi connectivity index (χ1v) is 6.35. The molecule has 1 heterocycles. The van der Waals surface area contributed by atoms with Crippen LogP contribution in [0.25, 0.3) is 0 Å². The van der Waals surface area contributed by atoms with E-state index in [-0.39, 0.29) is 6.04 Å². The molecule has 0 aliphatic heterocycles. The van der Waals surface area contributed by atoms with Gasteiger partial charge in [0.05, 0.1) is 20.3 Å². The van der Waals surface area contributed by atoms with Crippen LogP contribution in [0.15, 0.2) is 28.7 Å². The second-order valence-corrected chi connectivity index (χ2v) is 4.58. The van der Waals surface area contributed by atoms with Crippen molar-refractivity contribution in [3.63, 3.8) is 0 Å². The number of benzene rings is 1. The van der Waals surface area contributed by atoms with E-state index < -0.39 is 0 Å². The van der Waals surface area contributed by atoms with Gasteiger partial charge in [0, 0.05) is 11.1 Å². The van der Waals surface area contributed by atoms with Gasteiger partial charge in [0.1, 0.15) is 23.0 Å². The summed E-state index contributed by atoms with van der Waals surface area (Å²) >= 11 is 0. The summed E-state index contributed by atoms with van der Waals surface area (Å²) in [6.45, 7) is 3.83. The van der Waals surface area contributed by atoms with E-state index >= 15 is 0 Å². The highest BCUT2D eigenvalue weighted by Gasteiger charge is 2.22. The van der Waals surface area contributed by atoms with Crippen LogP contribution in [0.1, 0.15) is 28.7 Å². The maximum Gasteiger partial charge on any atom is 0.124 e. The second kappa shape index (κ2) is 5.98. The number of hydrogen-bond acceptors (Lipinski definition) is 5. The average molecular weight is 276 g/mol. The SMILES string of the molecule is COc1ccc(OC)c(C(NN)c2cc(C)oc2C)c1. The fraction of sp³-hybridized carbons (Fsp3) is 0.333. The quantitative estimate of drug-likeness (QED) is 0.648. The van der Waals surface area contributed by atoms with Crippen LogP contribution >= 0.6 is 0 Å². The third-order valence-electron chi connectivity index (χ3n) is 3.30. The Balaban J connectivity index is 2.53. The maximum atomic E-state index is 5.74. The van der Waals surface area contributed by atoms with Gasteiger partial charge < -0.3 is 13.9 Å². The van der Waals surface area contributed by atoms with E-state index in [0.717, 1.165) is 34.1 Å². The summed E-state index contributed by atoms with van der Waals surface area (Å²) in [6, 6.07) is 7.37. The number of hydrazine groups is 1. The second-order valence-electron chi connectivity index (χ2n) is 4.58. The van der Waals surface area contributed by atoms with Gasteiger partial charge in [0.2, 0.25) is 0 Å². The van der Waals surface area contributed by atoms with Crippen molar-refractivity contribution in [3.8, 4) is 11.5 Å². The Morgan fingerprint density at radius 3 is 2.35 bits per heavy atom. The Morgan fingerprint density at radius 2 is 1.85 bits per heavy atom. The molecule has 1 aromatic heterocycles. The number of nitrogens with two attached hydrogens (primary N) is 1. The van der Waals surface area contributed by atoms with Crippen molar-refractivity contribution in [1.82, 2.24) is 5.43 Å². The van der Waals surface area contributed by atoms with Crippen molar-refractivity contribution >= 4 is 0 Å². The average Bonchev–Trinajstić information content (AvgIpc) is 2.78. The van der Waals surface area contributed by atoms with Gasteiger partial charge in [-0.1, -0.05) is 0 Å². The Bertz CT molecular complexity index is 593. The zero-order valence-electron chi connectivity index (χ0n) is 12.2. The van der Waals surface area contributed by atoms with E-state index in [1.807, 2.05) is 38.1 Å². The minimum absolute atomic E-state index is 0.225. The molecule has 5 nitrogen and oxygen atoms in total. The van der Waals surface area contributed by atoms with Crippen molar-refractivity contribution in [3.05, 3.63) is 46.9 Å². The molecule has 0 aliphatic rings. The molecule has 3 N–H and O–H groups in total. The van der Waals surface area contributed by atoms with Gasteiger partial charge in [-0.2, -0.15) is 0 Å². The number of aryl methyl sites for hydroxylation is 2. The normalized spacial score (nSPS) is 12.2. The molecule has 0 aliphatic carbocycles. The molecule has 108 valence electrons. The first-order chi connectivity index (χ1) is 9.60. The van der Waals surface area contributed by atoms with E-state index in [9.17, 15) is 0 Å². The van der Waals surface area contributed by atoms with E-state index in [2.05, 4.69) is 5.43 Å². The maximum absolute atomic E-state index is 5.74. The van der Waals surface area contributed by atoms with Crippen molar-refractivity contribution in [2.45, 2.75) is 19.9 Å². The van der Waals surface area contributed by atoms with Crippen molar-refractivity contribution in [2.75, 3.05) is 14.2 Å². The molecule has 2 rings (SSSR count). The fourth-order valence-electron chi connectivity index (χ4n) is 2.35. The standard InChI is InChI=1S/C15H20N2O3/c1-9-7-12(10(2)20-9)15(17-16)13-8-11(18-3)5-6-14(13)19-4/h5-8,15,17H,16H2,1-4H3. The van der Waals surface area contributed by atoms with Crippen LogP contribution < -0.4 is 20.7 Å². The number of nitrogens with one attached hydrogen (secondary N) is 1. The first-order valence-electron chi connectivity index (χ1n) is 6.35. The van der Waals surface area contributed by atoms with Crippen LogP contribution in [0, 0.1) is 13.8 Å². The molecule has 2 aromatic rings. The lowest BCUT2D eigenvalue weighted by Crippen LogP contribution is -2.29. The topological polar surface area (TPSA) is 69.7 Å². The number of hydrogen-bond donors (Lipinski definition) is 2. The molecule has 1 atom stereocenters. The summed E-state index contributed by atoms with van der Waals surface area (Å²) in [5.41, 5.74) is 4.70. The monoisotopic (exact) mass is 276 g/mol. The first kappa shape index (κ1) is 14.4. The Labute approximate surface area is 118 Å². The van der Waals surface area contributed by atoms with E-state index in [4.69, 9.17) is 19.7 Å². The van der Waals surface area contributed by atoms with Crippen LogP contribution in [0.5, 0.6) is 11.5 Å². The highest BCUT2D eigenvalue weighted by Crippen LogP contribution is 2.34. The number of rotatable bonds is 5. The van der Waals surface area contributed by atoms with Crippen molar-refractivity contribution in [2.24, 2.45) is 5.84 Å². The molecular weight excluding hydrogens is 256 g/mol. The predicted octanol–water partition coefficient (Wildman–Crippen LogP) is 2.47. The Hall–Kier alpha value is -1.98. The lowest BCUT2D eigenvalue weighted by Gasteiger charge is -2.19. The molecule has 0 amide bonds. The van der Waals surface area contributed by atoms with Crippen LogP contribution in [0.3, 0.4) is 0 Å². The predicted molar refractivity (Wildman–Crippen MR) is 76.9 cm³/mol. The zero-order chi connectivity index (χ0) is 14.7. The summed E-state index contributed by atoms with van der Waals surface area (Å²) in [4.78, 5) is 0. The van der Waals surface area contributed by atoms with Gasteiger partial charge in [0.15, 0.2) is 0 Å². The number of methoxy groups -OCH3 is 2. The molecule has 1 unspecified atom stereocenters. The van der Waals surface area contributed by atoms with Gasteiger partial charge in [-0.05, 0) is 38.1 Å². The molecular formula is C15H20N2O3. The highest BCUT2D eigenvalue weighted by atomic mass is 16.5. The van der Waals surface area contributed by atoms with Crippen molar-refractivity contribution < 1.29 is 13.9 Å². The summed E-state index contributed by atoms with van der Waals surface area (Å²) in [7, 11) is 3.26. The van der Waals surface area contributed by atoms with Crippen LogP contribution in [-0.4, -0.2) is 14.2 Å². The minimum Gasteiger partial charge on any atom is -0.497 e. The van der Waals surface area contributed by atoms with Gasteiger partial charge >= 0.3 is 0 Å². The summed E-state index contributed by atoms with van der Waals surface area (Å²) < 4.78 is 16.3. The Morgan fingerprint density at radius 1 is 1.10 bits per heavy atom. The molecule has 5 heteroatoms. The molecule has 0 fully saturated rings. The minimum atomic E-state index is -0.225. The van der Waals surface area contributed by atoms with Crippen molar-refractivity contribution in [1.29, 1.82) is 0 Å². The third kappa shape index (κ3) is 2.64.